The molecule has 34 heavy (non-hydrogen) atoms. The Bertz CT molecular complexity index is 1390. The molecule has 0 radical (unpaired) electrons. The number of carbonyl (C=O) groups excluding carboxylic acids is 2. The van der Waals surface area contributed by atoms with Gasteiger partial charge in [-0.05, 0) is 73.9 Å². The van der Waals surface area contributed by atoms with Crippen LogP contribution in [0.3, 0.4) is 0 Å². The fourth-order valence-corrected chi connectivity index (χ4v) is 5.50. The highest BCUT2D eigenvalue weighted by molar-refractivity contribution is 7.92. The number of sulfonamides is 1. The number of aryl methyl sites for hydroxylation is 2. The molecule has 4 rings (SSSR count). The van der Waals surface area contributed by atoms with Crippen LogP contribution in [0.4, 0.5) is 17.1 Å². The highest BCUT2D eigenvalue weighted by atomic mass is 35.5. The lowest BCUT2D eigenvalue weighted by Crippen LogP contribution is -2.24. The summed E-state index contributed by atoms with van der Waals surface area (Å²) in [4.78, 5) is 26.6. The van der Waals surface area contributed by atoms with Crippen molar-refractivity contribution in [2.75, 3.05) is 21.5 Å². The molecule has 1 saturated heterocycles. The van der Waals surface area contributed by atoms with Gasteiger partial charge < -0.3 is 10.2 Å². The Hall–Kier alpha value is -3.36. The zero-order valence-corrected chi connectivity index (χ0v) is 20.3. The van der Waals surface area contributed by atoms with Crippen molar-refractivity contribution in [1.82, 2.24) is 0 Å². The molecule has 0 bridgehead atoms. The number of anilines is 3. The van der Waals surface area contributed by atoms with Crippen LogP contribution in [0.1, 0.15) is 34.3 Å². The molecule has 0 atom stereocenters. The summed E-state index contributed by atoms with van der Waals surface area (Å²) in [5.74, 6) is -0.396. The first-order valence-corrected chi connectivity index (χ1v) is 12.6. The lowest BCUT2D eigenvalue weighted by molar-refractivity contribution is -0.117. The summed E-state index contributed by atoms with van der Waals surface area (Å²) < 4.78 is 28.3. The van der Waals surface area contributed by atoms with Gasteiger partial charge in [0.05, 0.1) is 15.6 Å². The summed E-state index contributed by atoms with van der Waals surface area (Å²) in [7, 11) is -3.82. The maximum absolute atomic E-state index is 12.9. The quantitative estimate of drug-likeness (QED) is 0.493. The van der Waals surface area contributed by atoms with Crippen LogP contribution >= 0.6 is 11.6 Å². The van der Waals surface area contributed by atoms with Crippen molar-refractivity contribution in [3.05, 3.63) is 82.4 Å². The van der Waals surface area contributed by atoms with Gasteiger partial charge in [0, 0.05) is 29.9 Å². The molecule has 1 fully saturated rings. The molecule has 0 unspecified atom stereocenters. The lowest BCUT2D eigenvalue weighted by atomic mass is 10.2. The third-order valence-electron chi connectivity index (χ3n) is 5.58. The van der Waals surface area contributed by atoms with E-state index in [1.165, 1.54) is 6.07 Å². The van der Waals surface area contributed by atoms with Crippen molar-refractivity contribution in [1.29, 1.82) is 0 Å². The lowest BCUT2D eigenvalue weighted by Gasteiger charge is -2.18. The highest BCUT2D eigenvalue weighted by Crippen LogP contribution is 2.32. The van der Waals surface area contributed by atoms with E-state index in [2.05, 4.69) is 10.0 Å². The largest absolute Gasteiger partial charge is 0.322 e. The van der Waals surface area contributed by atoms with Gasteiger partial charge in [-0.15, -0.1) is 0 Å². The number of hydrogen-bond acceptors (Lipinski definition) is 4. The van der Waals surface area contributed by atoms with Crippen molar-refractivity contribution in [3.63, 3.8) is 0 Å². The number of nitrogens with one attached hydrogen (secondary N) is 2. The van der Waals surface area contributed by atoms with E-state index in [1.807, 2.05) is 13.0 Å². The molecule has 3 aromatic rings. The van der Waals surface area contributed by atoms with Gasteiger partial charge in [-0.3, -0.25) is 14.3 Å². The number of amides is 2. The Labute approximate surface area is 203 Å². The Morgan fingerprint density at radius 3 is 2.50 bits per heavy atom. The first-order valence-electron chi connectivity index (χ1n) is 10.8. The second-order valence-electron chi connectivity index (χ2n) is 8.22. The maximum atomic E-state index is 12.9. The van der Waals surface area contributed by atoms with E-state index in [4.69, 9.17) is 11.6 Å². The first-order chi connectivity index (χ1) is 16.1. The molecule has 7 nitrogen and oxygen atoms in total. The number of nitrogens with zero attached hydrogens (tertiary/aromatic N) is 1. The van der Waals surface area contributed by atoms with Crippen LogP contribution < -0.4 is 14.9 Å². The van der Waals surface area contributed by atoms with Crippen molar-refractivity contribution in [3.8, 4) is 0 Å². The average Bonchev–Trinajstić information content (AvgIpc) is 3.21. The third-order valence-corrected chi connectivity index (χ3v) is 7.41. The molecular formula is C25H24ClN3O4S. The Kier molecular flexibility index (Phi) is 6.63. The van der Waals surface area contributed by atoms with Crippen LogP contribution in [0.5, 0.6) is 0 Å². The van der Waals surface area contributed by atoms with Crippen LogP contribution in [-0.2, 0) is 14.8 Å². The monoisotopic (exact) mass is 497 g/mol. The van der Waals surface area contributed by atoms with E-state index in [1.54, 1.807) is 60.4 Å². The summed E-state index contributed by atoms with van der Waals surface area (Å²) in [5.41, 5.74) is 3.09. The van der Waals surface area contributed by atoms with Crippen LogP contribution in [0.25, 0.3) is 0 Å². The van der Waals surface area contributed by atoms with Crippen molar-refractivity contribution in [2.24, 2.45) is 0 Å². The smallest absolute Gasteiger partial charge is 0.262 e. The summed E-state index contributed by atoms with van der Waals surface area (Å²) in [6.45, 7) is 4.17. The molecule has 1 aliphatic rings. The molecular weight excluding hydrogens is 474 g/mol. The maximum Gasteiger partial charge on any atom is 0.262 e. The Morgan fingerprint density at radius 1 is 1.00 bits per heavy atom. The SMILES string of the molecule is Cc1ccc(C)c(S(=O)(=O)Nc2cccc(C(=O)Nc3ccc(N4CCCC4=O)c(Cl)c3)c2)c1. The van der Waals surface area contributed by atoms with E-state index in [-0.39, 0.29) is 22.1 Å². The fourth-order valence-electron chi connectivity index (χ4n) is 3.84. The van der Waals surface area contributed by atoms with E-state index < -0.39 is 15.9 Å². The number of halogens is 1. The Morgan fingerprint density at radius 2 is 1.79 bits per heavy atom. The van der Waals surface area contributed by atoms with E-state index in [0.29, 0.717) is 34.9 Å². The van der Waals surface area contributed by atoms with E-state index in [9.17, 15) is 18.0 Å². The number of hydrogen-bond donors (Lipinski definition) is 2. The minimum atomic E-state index is -3.82. The second kappa shape index (κ2) is 9.48. The minimum Gasteiger partial charge on any atom is -0.322 e. The standard InChI is InChI=1S/C25H24ClN3O4S/c1-16-8-9-17(2)23(13-16)34(32,33)28-20-6-3-5-18(14-20)25(31)27-19-10-11-22(21(26)15-19)29-12-4-7-24(29)30/h3,5-6,8-11,13-15,28H,4,7,12H2,1-2H3,(H,27,31). The second-order valence-corrected chi connectivity index (χ2v) is 10.3. The Balaban J connectivity index is 1.50. The van der Waals surface area contributed by atoms with Gasteiger partial charge in [-0.2, -0.15) is 0 Å². The molecule has 0 saturated carbocycles. The van der Waals surface area contributed by atoms with Crippen molar-refractivity contribution < 1.29 is 18.0 Å². The zero-order valence-electron chi connectivity index (χ0n) is 18.8. The molecule has 1 heterocycles. The zero-order chi connectivity index (χ0) is 24.5. The van der Waals surface area contributed by atoms with Gasteiger partial charge in [0.1, 0.15) is 0 Å². The molecule has 9 heteroatoms. The summed E-state index contributed by atoms with van der Waals surface area (Å²) in [6.07, 6.45) is 1.29. The highest BCUT2D eigenvalue weighted by Gasteiger charge is 2.24. The van der Waals surface area contributed by atoms with Gasteiger partial charge >= 0.3 is 0 Å². The topological polar surface area (TPSA) is 95.6 Å². The minimum absolute atomic E-state index is 0.0267. The van der Waals surface area contributed by atoms with E-state index in [0.717, 1.165) is 12.0 Å². The summed E-state index contributed by atoms with van der Waals surface area (Å²) in [5, 5.41) is 3.13. The van der Waals surface area contributed by atoms with Gasteiger partial charge in [0.2, 0.25) is 5.91 Å². The summed E-state index contributed by atoms with van der Waals surface area (Å²) >= 11 is 6.36. The number of rotatable bonds is 6. The molecule has 0 aliphatic carbocycles. The molecule has 176 valence electrons. The summed E-state index contributed by atoms with van der Waals surface area (Å²) in [6, 6.07) is 16.4. The van der Waals surface area contributed by atoms with Gasteiger partial charge in [-0.25, -0.2) is 8.42 Å². The molecule has 0 spiro atoms. The van der Waals surface area contributed by atoms with Crippen LogP contribution in [0.2, 0.25) is 5.02 Å². The predicted molar refractivity (Wildman–Crippen MR) is 134 cm³/mol. The third kappa shape index (κ3) is 5.08. The normalized spacial score (nSPS) is 13.7. The van der Waals surface area contributed by atoms with Crippen LogP contribution in [0.15, 0.2) is 65.6 Å². The predicted octanol–water partition coefficient (Wildman–Crippen LogP) is 5.14. The van der Waals surface area contributed by atoms with Gasteiger partial charge in [0.15, 0.2) is 0 Å². The van der Waals surface area contributed by atoms with Crippen molar-refractivity contribution in [2.45, 2.75) is 31.6 Å². The van der Waals surface area contributed by atoms with Gasteiger partial charge in [-0.1, -0.05) is 29.8 Å². The van der Waals surface area contributed by atoms with Crippen LogP contribution in [-0.4, -0.2) is 26.8 Å². The molecule has 1 aliphatic heterocycles. The first kappa shape index (κ1) is 23.8. The van der Waals surface area contributed by atoms with Gasteiger partial charge in [0.25, 0.3) is 15.9 Å². The number of benzene rings is 3. The average molecular weight is 498 g/mol. The van der Waals surface area contributed by atoms with Crippen molar-refractivity contribution >= 4 is 50.5 Å². The fraction of sp³-hybridized carbons (Fsp3) is 0.200. The van der Waals surface area contributed by atoms with E-state index >= 15 is 0 Å². The molecule has 2 N–H and O–H groups in total. The van der Waals surface area contributed by atoms with Crippen LogP contribution in [0, 0.1) is 13.8 Å². The molecule has 2 amide bonds. The molecule has 3 aromatic carbocycles. The molecule has 0 aromatic heterocycles. The number of carbonyl (C=O) groups is 2.